The maximum absolute atomic E-state index is 13.3. The summed E-state index contributed by atoms with van der Waals surface area (Å²) in [5.41, 5.74) is 0.526. The molecule has 1 fully saturated rings. The van der Waals surface area contributed by atoms with Crippen LogP contribution in [0.5, 0.6) is 0 Å². The monoisotopic (exact) mass is 412 g/mol. The van der Waals surface area contributed by atoms with E-state index in [1.807, 2.05) is 53.2 Å². The number of hydrogen-bond donors (Lipinski definition) is 1. The molecular weight excluding hydrogens is 392 g/mol. The van der Waals surface area contributed by atoms with Gasteiger partial charge in [0.1, 0.15) is 5.54 Å². The Morgan fingerprint density at radius 3 is 2.67 bits per heavy atom. The molecule has 0 radical (unpaired) electrons. The summed E-state index contributed by atoms with van der Waals surface area (Å²) >= 11 is 3.56. The molecule has 2 aromatic rings. The number of rotatable bonds is 4. The van der Waals surface area contributed by atoms with Crippen LogP contribution in [0.25, 0.3) is 0 Å². The van der Waals surface area contributed by atoms with Crippen molar-refractivity contribution < 1.29 is 4.79 Å². The van der Waals surface area contributed by atoms with Crippen LogP contribution in [0.2, 0.25) is 0 Å². The summed E-state index contributed by atoms with van der Waals surface area (Å²) < 4.78 is 2.87. The molecule has 0 aliphatic carbocycles. The van der Waals surface area contributed by atoms with Crippen LogP contribution in [0, 0.1) is 0 Å². The van der Waals surface area contributed by atoms with Gasteiger partial charge in [0.2, 0.25) is 0 Å². The first-order valence-corrected chi connectivity index (χ1v) is 8.62. The number of likely N-dealkylation sites (N-methyl/N-ethyl adjacent to an activating group) is 1. The quantitative estimate of drug-likeness (QED) is 0.838. The first-order chi connectivity index (χ1) is 11.1. The summed E-state index contributed by atoms with van der Waals surface area (Å²) in [7, 11) is 1.87. The number of piperidine rings is 1. The molecule has 0 atom stereocenters. The van der Waals surface area contributed by atoms with Gasteiger partial charge in [0.15, 0.2) is 0 Å². The Hall–Kier alpha value is -1.37. The SMILES string of the molecule is CN(Cc1ccccc1Br)C(=O)C1(n2cccn2)CCNCC1.Cl. The van der Waals surface area contributed by atoms with Gasteiger partial charge in [-0.3, -0.25) is 9.48 Å². The average Bonchev–Trinajstić information content (AvgIpc) is 3.12. The maximum Gasteiger partial charge on any atom is 0.250 e. The highest BCUT2D eigenvalue weighted by atomic mass is 79.9. The van der Waals surface area contributed by atoms with Crippen molar-refractivity contribution in [2.75, 3.05) is 20.1 Å². The normalized spacial score (nSPS) is 16.2. The van der Waals surface area contributed by atoms with Crippen LogP contribution in [-0.4, -0.2) is 40.7 Å². The second-order valence-corrected chi connectivity index (χ2v) is 6.84. The molecule has 7 heteroatoms. The average molecular weight is 414 g/mol. The van der Waals surface area contributed by atoms with Crippen molar-refractivity contribution in [3.63, 3.8) is 0 Å². The van der Waals surface area contributed by atoms with Crippen molar-refractivity contribution in [3.8, 4) is 0 Å². The molecule has 2 heterocycles. The lowest BCUT2D eigenvalue weighted by atomic mass is 9.86. The summed E-state index contributed by atoms with van der Waals surface area (Å²) in [6.45, 7) is 2.24. The number of carbonyl (C=O) groups is 1. The Labute approximate surface area is 157 Å². The van der Waals surface area contributed by atoms with Crippen LogP contribution in [-0.2, 0) is 16.9 Å². The molecule has 0 spiro atoms. The van der Waals surface area contributed by atoms with E-state index in [0.29, 0.717) is 6.54 Å². The molecule has 3 rings (SSSR count). The number of benzene rings is 1. The van der Waals surface area contributed by atoms with Gasteiger partial charge in [-0.15, -0.1) is 12.4 Å². The third-order valence-corrected chi connectivity index (χ3v) is 5.26. The lowest BCUT2D eigenvalue weighted by molar-refractivity contribution is -0.142. The fourth-order valence-electron chi connectivity index (χ4n) is 3.21. The van der Waals surface area contributed by atoms with Gasteiger partial charge in [-0.2, -0.15) is 5.10 Å². The lowest BCUT2D eigenvalue weighted by Crippen LogP contribution is -2.54. The molecule has 0 unspecified atom stereocenters. The van der Waals surface area contributed by atoms with E-state index in [0.717, 1.165) is 36.0 Å². The molecule has 0 bridgehead atoms. The lowest BCUT2D eigenvalue weighted by Gasteiger charge is -2.39. The fourth-order valence-corrected chi connectivity index (χ4v) is 3.62. The van der Waals surface area contributed by atoms with Gasteiger partial charge in [0.25, 0.3) is 5.91 Å². The highest BCUT2D eigenvalue weighted by Gasteiger charge is 2.43. The molecule has 1 aliphatic heterocycles. The van der Waals surface area contributed by atoms with Gasteiger partial charge in [0, 0.05) is 30.5 Å². The minimum Gasteiger partial charge on any atom is -0.339 e. The van der Waals surface area contributed by atoms with E-state index in [4.69, 9.17) is 0 Å². The predicted octanol–water partition coefficient (Wildman–Crippen LogP) is 2.80. The van der Waals surface area contributed by atoms with Gasteiger partial charge in [-0.05, 0) is 43.6 Å². The zero-order valence-electron chi connectivity index (χ0n) is 13.6. The van der Waals surface area contributed by atoms with E-state index >= 15 is 0 Å². The van der Waals surface area contributed by atoms with Crippen LogP contribution in [0.3, 0.4) is 0 Å². The zero-order valence-corrected chi connectivity index (χ0v) is 16.0. The van der Waals surface area contributed by atoms with E-state index in [1.165, 1.54) is 0 Å². The Morgan fingerprint density at radius 1 is 1.33 bits per heavy atom. The minimum atomic E-state index is -0.579. The van der Waals surface area contributed by atoms with Crippen molar-refractivity contribution in [1.82, 2.24) is 20.0 Å². The molecule has 24 heavy (non-hydrogen) atoms. The maximum atomic E-state index is 13.3. The number of amides is 1. The van der Waals surface area contributed by atoms with Crippen molar-refractivity contribution in [2.45, 2.75) is 24.9 Å². The summed E-state index contributed by atoms with van der Waals surface area (Å²) in [5.74, 6) is 0.124. The summed E-state index contributed by atoms with van der Waals surface area (Å²) in [6, 6.07) is 9.89. The number of nitrogens with one attached hydrogen (secondary N) is 1. The molecule has 1 N–H and O–H groups in total. The largest absolute Gasteiger partial charge is 0.339 e. The van der Waals surface area contributed by atoms with Crippen LogP contribution in [0.1, 0.15) is 18.4 Å². The Balaban J connectivity index is 0.00000208. The number of halogens is 2. The standard InChI is InChI=1S/C17H21BrN4O.ClH/c1-21(13-14-5-2-3-6-15(14)18)16(23)17(7-10-19-11-8-17)22-12-4-9-20-22;/h2-6,9,12,19H,7-8,10-11,13H2,1H3;1H. The smallest absolute Gasteiger partial charge is 0.250 e. The van der Waals surface area contributed by atoms with Gasteiger partial charge in [0.05, 0.1) is 0 Å². The van der Waals surface area contributed by atoms with Gasteiger partial charge in [-0.25, -0.2) is 0 Å². The highest BCUT2D eigenvalue weighted by molar-refractivity contribution is 9.10. The number of carbonyl (C=O) groups excluding carboxylic acids is 1. The molecule has 130 valence electrons. The predicted molar refractivity (Wildman–Crippen MR) is 100 cm³/mol. The molecule has 1 aromatic heterocycles. The van der Waals surface area contributed by atoms with E-state index < -0.39 is 5.54 Å². The van der Waals surface area contributed by atoms with E-state index in [2.05, 4.69) is 26.3 Å². The minimum absolute atomic E-state index is 0. The summed E-state index contributed by atoms with van der Waals surface area (Å²) in [6.07, 6.45) is 5.15. The van der Waals surface area contributed by atoms with Crippen molar-refractivity contribution in [2.24, 2.45) is 0 Å². The summed E-state index contributed by atoms with van der Waals surface area (Å²) in [4.78, 5) is 15.1. The topological polar surface area (TPSA) is 50.2 Å². The molecule has 5 nitrogen and oxygen atoms in total. The van der Waals surface area contributed by atoms with Gasteiger partial charge in [-0.1, -0.05) is 34.1 Å². The zero-order chi connectivity index (χ0) is 16.3. The van der Waals surface area contributed by atoms with Gasteiger partial charge < -0.3 is 10.2 Å². The van der Waals surface area contributed by atoms with Crippen molar-refractivity contribution >= 4 is 34.2 Å². The van der Waals surface area contributed by atoms with Crippen LogP contribution in [0.4, 0.5) is 0 Å². The number of nitrogens with zero attached hydrogens (tertiary/aromatic N) is 3. The Kier molecular flexibility index (Phi) is 6.43. The highest BCUT2D eigenvalue weighted by Crippen LogP contribution is 2.30. The third-order valence-electron chi connectivity index (χ3n) is 4.48. The number of aromatic nitrogens is 2. The van der Waals surface area contributed by atoms with Crippen LogP contribution >= 0.6 is 28.3 Å². The first kappa shape index (κ1) is 19.0. The third kappa shape index (κ3) is 3.66. The van der Waals surface area contributed by atoms with E-state index in [1.54, 1.807) is 6.20 Å². The molecule has 1 amide bonds. The van der Waals surface area contributed by atoms with Crippen LogP contribution in [0.15, 0.2) is 47.2 Å². The van der Waals surface area contributed by atoms with Gasteiger partial charge >= 0.3 is 0 Å². The van der Waals surface area contributed by atoms with Crippen LogP contribution < -0.4 is 5.32 Å². The first-order valence-electron chi connectivity index (χ1n) is 7.83. The molecular formula is C17H22BrClN4O. The number of hydrogen-bond acceptors (Lipinski definition) is 3. The molecule has 1 saturated heterocycles. The van der Waals surface area contributed by atoms with E-state index in [9.17, 15) is 4.79 Å². The second kappa shape index (κ2) is 8.14. The Morgan fingerprint density at radius 2 is 2.04 bits per heavy atom. The fraction of sp³-hybridized carbons (Fsp3) is 0.412. The molecule has 0 saturated carbocycles. The van der Waals surface area contributed by atoms with E-state index in [-0.39, 0.29) is 18.3 Å². The summed E-state index contributed by atoms with van der Waals surface area (Å²) in [5, 5.41) is 7.71. The molecule has 1 aliphatic rings. The van der Waals surface area contributed by atoms with Crippen molar-refractivity contribution in [1.29, 1.82) is 0 Å². The molecule has 1 aromatic carbocycles. The Bertz CT molecular complexity index is 671. The second-order valence-electron chi connectivity index (χ2n) is 5.98. The van der Waals surface area contributed by atoms with Crippen molar-refractivity contribution in [3.05, 3.63) is 52.8 Å².